The van der Waals surface area contributed by atoms with Crippen LogP contribution >= 0.6 is 0 Å². The number of carbonyl (C=O) groups excluding carboxylic acids is 1. The van der Waals surface area contributed by atoms with Crippen LogP contribution in [0.2, 0.25) is 0 Å². The van der Waals surface area contributed by atoms with Crippen molar-refractivity contribution in [3.05, 3.63) is 70.1 Å². The molecular weight excluding hydrogens is 420 g/mol. The molecule has 0 aliphatic carbocycles. The van der Waals surface area contributed by atoms with Crippen LogP contribution in [0.3, 0.4) is 0 Å². The first-order chi connectivity index (χ1) is 16.0. The van der Waals surface area contributed by atoms with Crippen LogP contribution < -0.4 is 20.3 Å². The highest BCUT2D eigenvalue weighted by molar-refractivity contribution is 5.76. The fraction of sp³-hybridized carbons (Fsp3) is 0.360. The van der Waals surface area contributed by atoms with Gasteiger partial charge in [-0.3, -0.25) is 9.59 Å². The molecule has 0 aliphatic heterocycles. The van der Waals surface area contributed by atoms with Crippen LogP contribution in [0.15, 0.2) is 53.3 Å². The van der Waals surface area contributed by atoms with Crippen LogP contribution in [0.1, 0.15) is 31.5 Å². The third kappa shape index (κ3) is 7.17. The highest BCUT2D eigenvalue weighted by Gasteiger charge is 2.12. The second kappa shape index (κ2) is 11.8. The molecule has 0 saturated heterocycles. The van der Waals surface area contributed by atoms with Gasteiger partial charge >= 0.3 is 0 Å². The smallest absolute Gasteiger partial charge is 0.273 e. The molecule has 0 spiro atoms. The van der Waals surface area contributed by atoms with E-state index in [0.717, 1.165) is 12.0 Å². The molecule has 8 nitrogen and oxygen atoms in total. The minimum atomic E-state index is -0.365. The largest absolute Gasteiger partial charge is 0.493 e. The topological polar surface area (TPSA) is 106 Å². The van der Waals surface area contributed by atoms with Crippen LogP contribution in [0.5, 0.6) is 11.5 Å². The van der Waals surface area contributed by atoms with E-state index in [-0.39, 0.29) is 30.0 Å². The van der Waals surface area contributed by atoms with Crippen molar-refractivity contribution in [3.63, 3.8) is 0 Å². The van der Waals surface area contributed by atoms with Crippen LogP contribution in [0.25, 0.3) is 11.4 Å². The van der Waals surface area contributed by atoms with E-state index in [1.807, 2.05) is 30.3 Å². The maximum atomic E-state index is 12.5. The standard InChI is InChI=1S/C25H30N4O4/c1-17(2)16-33-21-11-9-19(15-22(21)32-3)24-27-25(31)20(28-29-24)10-12-23(30)26-14-13-18-7-5-4-6-8-18/h4-9,11,15,17H,10,12-14,16H2,1-3H3,(H,26,30)(H,27,29,31). The second-order valence-electron chi connectivity index (χ2n) is 8.11. The van der Waals surface area contributed by atoms with Crippen molar-refractivity contribution in [1.82, 2.24) is 20.5 Å². The fourth-order valence-corrected chi connectivity index (χ4v) is 3.16. The molecule has 1 heterocycles. The number of aromatic amines is 1. The van der Waals surface area contributed by atoms with Crippen LogP contribution in [-0.4, -0.2) is 41.3 Å². The van der Waals surface area contributed by atoms with E-state index in [2.05, 4.69) is 34.3 Å². The molecule has 1 aromatic heterocycles. The summed E-state index contributed by atoms with van der Waals surface area (Å²) in [5.74, 6) is 1.75. The van der Waals surface area contributed by atoms with Gasteiger partial charge in [-0.2, -0.15) is 0 Å². The zero-order valence-electron chi connectivity index (χ0n) is 19.3. The number of carbonyl (C=O) groups is 1. The van der Waals surface area contributed by atoms with Crippen molar-refractivity contribution in [1.29, 1.82) is 0 Å². The van der Waals surface area contributed by atoms with Crippen molar-refractivity contribution in [2.45, 2.75) is 33.1 Å². The molecular formula is C25H30N4O4. The van der Waals surface area contributed by atoms with Gasteiger partial charge in [0.1, 0.15) is 5.69 Å². The summed E-state index contributed by atoms with van der Waals surface area (Å²) in [5.41, 5.74) is 1.67. The predicted octanol–water partition coefficient (Wildman–Crippen LogP) is 3.17. The summed E-state index contributed by atoms with van der Waals surface area (Å²) in [4.78, 5) is 27.3. The number of hydrogen-bond acceptors (Lipinski definition) is 6. The molecule has 0 radical (unpaired) electrons. The van der Waals surface area contributed by atoms with E-state index in [9.17, 15) is 9.59 Å². The summed E-state index contributed by atoms with van der Waals surface area (Å²) in [5, 5.41) is 11.0. The number of hydrogen-bond donors (Lipinski definition) is 2. The lowest BCUT2D eigenvalue weighted by atomic mass is 10.1. The Hall–Kier alpha value is -3.68. The number of aromatic nitrogens is 3. The lowest BCUT2D eigenvalue weighted by Gasteiger charge is -2.13. The van der Waals surface area contributed by atoms with Crippen molar-refractivity contribution >= 4 is 5.91 Å². The van der Waals surface area contributed by atoms with E-state index in [1.54, 1.807) is 25.3 Å². The van der Waals surface area contributed by atoms with E-state index < -0.39 is 0 Å². The van der Waals surface area contributed by atoms with Gasteiger partial charge in [0, 0.05) is 24.9 Å². The van der Waals surface area contributed by atoms with Crippen LogP contribution in [0.4, 0.5) is 0 Å². The Bertz CT molecular complexity index is 1110. The molecule has 2 N–H and O–H groups in total. The van der Waals surface area contributed by atoms with Crippen LogP contribution in [-0.2, 0) is 17.6 Å². The minimum absolute atomic E-state index is 0.127. The average Bonchev–Trinajstić information content (AvgIpc) is 2.82. The monoisotopic (exact) mass is 450 g/mol. The van der Waals surface area contributed by atoms with E-state index in [0.29, 0.717) is 42.0 Å². The number of nitrogens with zero attached hydrogens (tertiary/aromatic N) is 2. The van der Waals surface area contributed by atoms with Crippen molar-refractivity contribution in [2.24, 2.45) is 5.92 Å². The summed E-state index contributed by atoms with van der Waals surface area (Å²) in [6.07, 6.45) is 1.14. The third-order valence-corrected chi connectivity index (χ3v) is 4.94. The second-order valence-corrected chi connectivity index (χ2v) is 8.11. The molecule has 174 valence electrons. The molecule has 3 aromatic rings. The number of methoxy groups -OCH3 is 1. The number of H-pyrrole nitrogens is 1. The fourth-order valence-electron chi connectivity index (χ4n) is 3.16. The SMILES string of the molecule is COc1cc(-c2nnc(CCC(=O)NCCc3ccccc3)c(=O)[nH]2)ccc1OCC(C)C. The summed E-state index contributed by atoms with van der Waals surface area (Å²) in [6.45, 7) is 5.25. The molecule has 0 fully saturated rings. The van der Waals surface area contributed by atoms with Gasteiger partial charge < -0.3 is 19.8 Å². The lowest BCUT2D eigenvalue weighted by molar-refractivity contribution is -0.121. The zero-order valence-corrected chi connectivity index (χ0v) is 19.3. The Morgan fingerprint density at radius 1 is 1.06 bits per heavy atom. The van der Waals surface area contributed by atoms with Gasteiger partial charge in [-0.1, -0.05) is 44.2 Å². The number of benzene rings is 2. The Morgan fingerprint density at radius 3 is 2.55 bits per heavy atom. The number of amides is 1. The molecule has 8 heteroatoms. The summed E-state index contributed by atoms with van der Waals surface area (Å²) >= 11 is 0. The van der Waals surface area contributed by atoms with Crippen LogP contribution in [0, 0.1) is 5.92 Å². The minimum Gasteiger partial charge on any atom is -0.493 e. The van der Waals surface area contributed by atoms with Gasteiger partial charge in [0.05, 0.1) is 13.7 Å². The van der Waals surface area contributed by atoms with Gasteiger partial charge in [-0.25, -0.2) is 0 Å². The van der Waals surface area contributed by atoms with Gasteiger partial charge in [0.25, 0.3) is 5.56 Å². The van der Waals surface area contributed by atoms with E-state index in [1.165, 1.54) is 0 Å². The maximum Gasteiger partial charge on any atom is 0.273 e. The normalized spacial score (nSPS) is 10.8. The first kappa shape index (κ1) is 24.0. The molecule has 0 saturated carbocycles. The van der Waals surface area contributed by atoms with Crippen molar-refractivity contribution in [3.8, 4) is 22.9 Å². The first-order valence-electron chi connectivity index (χ1n) is 11.0. The molecule has 0 aliphatic rings. The van der Waals surface area contributed by atoms with E-state index >= 15 is 0 Å². The predicted molar refractivity (Wildman–Crippen MR) is 126 cm³/mol. The van der Waals surface area contributed by atoms with Crippen molar-refractivity contribution in [2.75, 3.05) is 20.3 Å². The molecule has 33 heavy (non-hydrogen) atoms. The van der Waals surface area contributed by atoms with E-state index in [4.69, 9.17) is 9.47 Å². The molecule has 0 atom stereocenters. The highest BCUT2D eigenvalue weighted by atomic mass is 16.5. The molecule has 1 amide bonds. The van der Waals surface area contributed by atoms with Crippen molar-refractivity contribution < 1.29 is 14.3 Å². The Balaban J connectivity index is 1.57. The molecule has 0 unspecified atom stereocenters. The van der Waals surface area contributed by atoms with Gasteiger partial charge in [0.15, 0.2) is 17.3 Å². The molecule has 2 aromatic carbocycles. The molecule has 3 rings (SSSR count). The number of ether oxygens (including phenoxy) is 2. The Kier molecular flexibility index (Phi) is 8.57. The molecule has 0 bridgehead atoms. The Labute approximate surface area is 193 Å². The summed E-state index contributed by atoms with van der Waals surface area (Å²) in [7, 11) is 1.56. The first-order valence-corrected chi connectivity index (χ1v) is 11.0. The average molecular weight is 451 g/mol. The van der Waals surface area contributed by atoms with Gasteiger partial charge in [-0.15, -0.1) is 10.2 Å². The van der Waals surface area contributed by atoms with Gasteiger partial charge in [0.2, 0.25) is 5.91 Å². The maximum absolute atomic E-state index is 12.5. The number of rotatable bonds is 11. The quantitative estimate of drug-likeness (QED) is 0.465. The summed E-state index contributed by atoms with van der Waals surface area (Å²) in [6, 6.07) is 15.3. The third-order valence-electron chi connectivity index (χ3n) is 4.94. The number of nitrogens with one attached hydrogen (secondary N) is 2. The Morgan fingerprint density at radius 2 is 1.85 bits per heavy atom. The highest BCUT2D eigenvalue weighted by Crippen LogP contribution is 2.31. The number of aryl methyl sites for hydroxylation is 1. The lowest BCUT2D eigenvalue weighted by Crippen LogP contribution is -2.27. The zero-order chi connectivity index (χ0) is 23.6. The van der Waals surface area contributed by atoms with Gasteiger partial charge in [-0.05, 0) is 36.1 Å². The summed E-state index contributed by atoms with van der Waals surface area (Å²) < 4.78 is 11.2.